The highest BCUT2D eigenvalue weighted by Gasteiger charge is 2.19. The van der Waals surface area contributed by atoms with Crippen molar-refractivity contribution < 1.29 is 4.42 Å². The normalized spacial score (nSPS) is 13.5. The molecule has 4 aliphatic rings. The second-order valence-electron chi connectivity index (χ2n) is 29.8. The maximum Gasteiger partial charge on any atom is 0.259 e. The molecule has 0 bridgehead atoms. The van der Waals surface area contributed by atoms with Crippen LogP contribution in [-0.4, -0.2) is 86.1 Å². The van der Waals surface area contributed by atoms with Gasteiger partial charge in [0.25, 0.3) is 27.8 Å². The van der Waals surface area contributed by atoms with Gasteiger partial charge in [0, 0.05) is 88.0 Å². The minimum Gasteiger partial charge on any atom is -0.454 e. The molecule has 0 fully saturated rings. The minimum atomic E-state index is -0.139. The van der Waals surface area contributed by atoms with Crippen molar-refractivity contribution in [3.8, 4) is 0 Å². The largest absolute Gasteiger partial charge is 0.454 e. The van der Waals surface area contributed by atoms with Crippen molar-refractivity contribution >= 4 is 128 Å². The molecule has 8 aromatic heterocycles. The number of benzene rings is 9. The lowest BCUT2D eigenvalue weighted by Crippen LogP contribution is -2.13. The highest BCUT2D eigenvalue weighted by atomic mass is 16.3. The number of allylic oxidation sites excluding steroid dienone is 7. The van der Waals surface area contributed by atoms with E-state index >= 15 is 0 Å². The molecule has 596 valence electrons. The summed E-state index contributed by atoms with van der Waals surface area (Å²) >= 11 is 0. The van der Waals surface area contributed by atoms with Gasteiger partial charge < -0.3 is 38.5 Å². The lowest BCUT2D eigenvalue weighted by atomic mass is 10.1. The van der Waals surface area contributed by atoms with Gasteiger partial charge in [-0.05, 0) is 159 Å². The van der Waals surface area contributed by atoms with Crippen LogP contribution in [0.1, 0.15) is 103 Å². The Labute approximate surface area is 692 Å². The van der Waals surface area contributed by atoms with Crippen LogP contribution in [0.15, 0.2) is 316 Å². The second kappa shape index (κ2) is 35.6. The molecule has 23 heteroatoms. The summed E-state index contributed by atoms with van der Waals surface area (Å²) in [5.74, 6) is 5.94. The van der Waals surface area contributed by atoms with Crippen molar-refractivity contribution in [3.05, 3.63) is 382 Å². The molecule has 0 saturated carbocycles. The van der Waals surface area contributed by atoms with Crippen LogP contribution in [0.3, 0.4) is 0 Å². The number of H-pyrrole nitrogens is 5. The van der Waals surface area contributed by atoms with Crippen LogP contribution in [0.25, 0.3) is 111 Å². The first kappa shape index (κ1) is 78.1. The van der Waals surface area contributed by atoms with Crippen LogP contribution in [0.4, 0.5) is 0 Å². The zero-order valence-electron chi connectivity index (χ0n) is 66.8. The number of fused-ring (bicyclic) bond motifs is 8. The molecule has 21 rings (SSSR count). The van der Waals surface area contributed by atoms with Crippen molar-refractivity contribution in [2.75, 3.05) is 0 Å². The predicted octanol–water partition coefficient (Wildman–Crippen LogP) is 17.6. The molecule has 5 N–H and O–H groups in total. The van der Waals surface area contributed by atoms with E-state index in [2.05, 4.69) is 138 Å². The number of para-hydroxylation sites is 10. The number of furan rings is 1. The molecule has 121 heavy (non-hydrogen) atoms. The van der Waals surface area contributed by atoms with E-state index in [1.54, 1.807) is 36.4 Å². The fourth-order valence-electron chi connectivity index (χ4n) is 15.0. The van der Waals surface area contributed by atoms with Gasteiger partial charge in [-0.15, -0.1) is 0 Å². The van der Waals surface area contributed by atoms with E-state index in [0.29, 0.717) is 75.6 Å². The molecular weight excluding hydrogens is 1510 g/mol. The Hall–Kier alpha value is -15.4. The van der Waals surface area contributed by atoms with Gasteiger partial charge in [0.05, 0.1) is 88.0 Å². The van der Waals surface area contributed by atoms with E-state index in [4.69, 9.17) is 19.4 Å². The number of nitrogens with zero attached hydrogens (tertiary/aromatic N) is 12. The predicted molar refractivity (Wildman–Crippen MR) is 484 cm³/mol. The minimum absolute atomic E-state index is 0.0695. The number of aryl methyl sites for hydroxylation is 8. The zero-order chi connectivity index (χ0) is 82.7. The summed E-state index contributed by atoms with van der Waals surface area (Å²) in [6.45, 7) is 2.08. The van der Waals surface area contributed by atoms with Gasteiger partial charge in [-0.25, -0.2) is 34.9 Å². The van der Waals surface area contributed by atoms with Crippen LogP contribution >= 0.6 is 0 Å². The summed E-state index contributed by atoms with van der Waals surface area (Å²) in [6.07, 6.45) is 25.7. The standard InChI is InChI=1S/C22H17N3O2.C21H19N3O.C19H17N3O.C18H16N4O.C18H14N4O/c26-22-16-6-2-3-7-17(16)24-21(25-22)12-10-15-9-11-18(23-15)20-13-14-5-1-4-8-19(14)27-20;1-14-6-8-15(9-7-14)18-12-10-16(22-18)11-13-20-23-19-5-3-2-4-17(19)21(25)24-20;23-19-15-7-3-4-8-17(15)21-18(22-19)12-10-14-9-11-16(20-14)13-5-1-2-6-13;2*1-22-15-9-5-4-8-14(15)20-17(22)11-10-16-19-13-7-3-2-6-12(13)18(23)21-16/h1-8,11,13H,9-10,12H2,(H,24,25,26);2-9,12H,10-11,13H2,1H3,(H,23,24,25);1-5,7-8,11H,6,9-10,12H2,(H,21,22,23);2-9H,10-11H2,1H3,(H,19,21,23);2-11H,1H3,(H,19,21,23)/b;;;;11-10+. The maximum absolute atomic E-state index is 12.2. The lowest BCUT2D eigenvalue weighted by Gasteiger charge is -2.04. The summed E-state index contributed by atoms with van der Waals surface area (Å²) in [4.78, 5) is 121. The number of aromatic nitrogens is 14. The van der Waals surface area contributed by atoms with Crippen LogP contribution in [0.5, 0.6) is 0 Å². The smallest absolute Gasteiger partial charge is 0.259 e. The topological polar surface area (TPSA) is 315 Å². The second-order valence-corrected chi connectivity index (χ2v) is 29.8. The van der Waals surface area contributed by atoms with Gasteiger partial charge in [0.1, 0.15) is 52.1 Å². The molecule has 0 spiro atoms. The Morgan fingerprint density at radius 1 is 0.372 bits per heavy atom. The van der Waals surface area contributed by atoms with Crippen LogP contribution < -0.4 is 27.8 Å². The first-order chi connectivity index (χ1) is 59.2. The number of rotatable bonds is 17. The lowest BCUT2D eigenvalue weighted by molar-refractivity contribution is 0.599. The first-order valence-corrected chi connectivity index (χ1v) is 40.3. The number of hydrogen-bond donors (Lipinski definition) is 5. The van der Waals surface area contributed by atoms with E-state index < -0.39 is 0 Å². The Balaban J connectivity index is 0.000000108. The summed E-state index contributed by atoms with van der Waals surface area (Å²) in [6, 6.07) is 71.3. The van der Waals surface area contributed by atoms with Gasteiger partial charge in [-0.1, -0.05) is 163 Å². The van der Waals surface area contributed by atoms with Gasteiger partial charge in [-0.2, -0.15) is 0 Å². The van der Waals surface area contributed by atoms with Crippen LogP contribution in [0, 0.1) is 6.92 Å². The molecule has 3 aliphatic heterocycles. The van der Waals surface area contributed by atoms with Gasteiger partial charge in [0.2, 0.25) is 0 Å². The summed E-state index contributed by atoms with van der Waals surface area (Å²) in [5.41, 5.74) is 18.2. The average Bonchev–Trinajstić information content (AvgIpc) is 1.45. The summed E-state index contributed by atoms with van der Waals surface area (Å²) in [5, 5.41) is 4.18. The number of aromatic amines is 5. The third kappa shape index (κ3) is 18.3. The average molecular weight is 1590 g/mol. The number of imidazole rings is 2. The fourth-order valence-corrected chi connectivity index (χ4v) is 15.0. The van der Waals surface area contributed by atoms with Gasteiger partial charge >= 0.3 is 0 Å². The van der Waals surface area contributed by atoms with E-state index in [9.17, 15) is 24.0 Å². The molecule has 0 radical (unpaired) electrons. The van der Waals surface area contributed by atoms with Crippen molar-refractivity contribution in [1.82, 2.24) is 68.9 Å². The molecule has 17 aromatic rings. The van der Waals surface area contributed by atoms with E-state index in [0.717, 1.165) is 175 Å². The van der Waals surface area contributed by atoms with E-state index in [1.165, 1.54) is 11.1 Å². The molecule has 0 atom stereocenters. The first-order valence-electron chi connectivity index (χ1n) is 40.3. The Kier molecular flexibility index (Phi) is 23.0. The Morgan fingerprint density at radius 3 is 1.26 bits per heavy atom. The summed E-state index contributed by atoms with van der Waals surface area (Å²) < 4.78 is 9.99. The molecule has 0 saturated heterocycles. The monoisotopic (exact) mass is 1590 g/mol. The van der Waals surface area contributed by atoms with Crippen LogP contribution in [-0.2, 0) is 46.2 Å². The highest BCUT2D eigenvalue weighted by Crippen LogP contribution is 2.31. The van der Waals surface area contributed by atoms with E-state index in [1.807, 2.05) is 189 Å². The quantitative estimate of drug-likeness (QED) is 0.0567. The molecule has 11 heterocycles. The molecule has 23 nitrogen and oxygen atoms in total. The molecule has 0 amide bonds. The Bertz CT molecular complexity index is 7450. The van der Waals surface area contributed by atoms with Crippen molar-refractivity contribution in [2.24, 2.45) is 29.1 Å². The highest BCUT2D eigenvalue weighted by molar-refractivity contribution is 5.98. The van der Waals surface area contributed by atoms with Crippen LogP contribution in [0.2, 0.25) is 0 Å². The van der Waals surface area contributed by atoms with Gasteiger partial charge in [0.15, 0.2) is 5.76 Å². The third-order valence-electron chi connectivity index (χ3n) is 21.5. The Morgan fingerprint density at radius 2 is 0.777 bits per heavy atom. The van der Waals surface area contributed by atoms with Crippen molar-refractivity contribution in [2.45, 2.75) is 84.0 Å². The SMILES string of the molecule is Cc1ccc(C2=CCC(CCc3nc4ccccc4c(=O)[nH]3)=N2)cc1.Cn1c(/C=C/c2nc3ccccc3c(=O)[nH]2)nc2ccccc21.Cn1c(CCc2nc3ccccc3c(=O)[nH]2)nc2ccccc21.O=c1[nH]c(CCC2=NC(C3=CC=CC3)=CC2)nc2ccccc12.O=c1[nH]c(CCC2=NC(c3cc4ccccc4o3)=CC2)nc2ccccc12. The van der Waals surface area contributed by atoms with Crippen molar-refractivity contribution in [3.63, 3.8) is 0 Å². The van der Waals surface area contributed by atoms with Crippen molar-refractivity contribution in [1.29, 1.82) is 0 Å². The third-order valence-corrected chi connectivity index (χ3v) is 21.5. The summed E-state index contributed by atoms with van der Waals surface area (Å²) in [7, 11) is 3.98. The van der Waals surface area contributed by atoms with E-state index in [-0.39, 0.29) is 27.8 Å². The molecule has 9 aromatic carbocycles. The molecule has 1 aliphatic carbocycles. The maximum atomic E-state index is 12.2. The number of hydrogen-bond acceptors (Lipinski definition) is 16. The number of nitrogens with one attached hydrogen (secondary N) is 5. The number of aliphatic imine (C=N–C) groups is 3. The zero-order valence-corrected chi connectivity index (χ0v) is 66.8. The molecule has 0 unspecified atom stereocenters. The molecular formula is C98H83N17O6. The fraction of sp³-hybridized carbons (Fsp3) is 0.153. The van der Waals surface area contributed by atoms with Gasteiger partial charge in [-0.3, -0.25) is 38.9 Å².